The minimum atomic E-state index is -1.16. The molecule has 5 rings (SSSR count). The van der Waals surface area contributed by atoms with Crippen molar-refractivity contribution in [2.45, 2.75) is 25.4 Å². The molecule has 0 aromatic heterocycles. The normalized spacial score (nSPS) is 20.3. The Labute approximate surface area is 198 Å². The molecule has 1 aliphatic carbocycles. The molecule has 1 saturated carbocycles. The number of hydrogen-bond donors (Lipinski definition) is 3. The number of piperazine rings is 1. The van der Waals surface area contributed by atoms with E-state index < -0.39 is 5.60 Å². The number of benzene rings is 2. The zero-order valence-corrected chi connectivity index (χ0v) is 19.3. The van der Waals surface area contributed by atoms with E-state index in [-0.39, 0.29) is 23.1 Å². The summed E-state index contributed by atoms with van der Waals surface area (Å²) < 4.78 is 0. The maximum absolute atomic E-state index is 13.0. The molecule has 2 saturated heterocycles. The van der Waals surface area contributed by atoms with Gasteiger partial charge in [0.1, 0.15) is 5.60 Å². The third-order valence-electron chi connectivity index (χ3n) is 7.14. The lowest BCUT2D eigenvalue weighted by atomic mass is 9.83. The number of carbonyl (C=O) groups excluding carboxylic acids is 3. The molecule has 2 aromatic rings. The highest BCUT2D eigenvalue weighted by atomic mass is 16.3. The van der Waals surface area contributed by atoms with E-state index >= 15 is 0 Å². The van der Waals surface area contributed by atoms with E-state index in [4.69, 9.17) is 0 Å². The van der Waals surface area contributed by atoms with E-state index in [0.717, 1.165) is 16.8 Å². The topological polar surface area (TPSA) is 102 Å². The summed E-state index contributed by atoms with van der Waals surface area (Å²) in [5.41, 5.74) is 1.73. The van der Waals surface area contributed by atoms with Crippen LogP contribution in [-0.4, -0.2) is 77.5 Å². The maximum atomic E-state index is 13.0. The average Bonchev–Trinajstić information content (AvgIpc) is 3.60. The molecule has 2 aromatic carbocycles. The highest BCUT2D eigenvalue weighted by Crippen LogP contribution is 2.37. The second-order valence-electron chi connectivity index (χ2n) is 9.89. The molecule has 0 radical (unpaired) electrons. The van der Waals surface area contributed by atoms with Crippen molar-refractivity contribution in [3.63, 3.8) is 0 Å². The molecule has 0 unspecified atom stereocenters. The third kappa shape index (κ3) is 4.31. The Morgan fingerprint density at radius 2 is 1.56 bits per heavy atom. The molecule has 2 heterocycles. The highest BCUT2D eigenvalue weighted by Gasteiger charge is 2.50. The Bertz CT molecular complexity index is 1110. The van der Waals surface area contributed by atoms with Crippen molar-refractivity contribution in [3.8, 4) is 11.1 Å². The van der Waals surface area contributed by atoms with Gasteiger partial charge in [0.2, 0.25) is 5.91 Å². The van der Waals surface area contributed by atoms with Crippen molar-refractivity contribution in [3.05, 3.63) is 54.1 Å². The first kappa shape index (κ1) is 22.6. The van der Waals surface area contributed by atoms with Crippen LogP contribution in [0.2, 0.25) is 0 Å². The van der Waals surface area contributed by atoms with Gasteiger partial charge in [-0.25, -0.2) is 0 Å². The van der Waals surface area contributed by atoms with Gasteiger partial charge in [-0.3, -0.25) is 14.4 Å². The average molecular weight is 463 g/mol. The van der Waals surface area contributed by atoms with Gasteiger partial charge < -0.3 is 25.5 Å². The number of nitrogens with one attached hydrogen (secondary N) is 2. The number of carbonyl (C=O) groups is 3. The molecule has 0 atom stereocenters. The van der Waals surface area contributed by atoms with Crippen LogP contribution in [0.15, 0.2) is 48.5 Å². The lowest BCUT2D eigenvalue weighted by Crippen LogP contribution is -2.58. The zero-order chi connectivity index (χ0) is 23.9. The molecule has 0 bridgehead atoms. The summed E-state index contributed by atoms with van der Waals surface area (Å²) in [6, 6.07) is 15.1. The summed E-state index contributed by atoms with van der Waals surface area (Å²) in [5.74, 6) is -0.259. The van der Waals surface area contributed by atoms with Gasteiger partial charge in [0.05, 0.1) is 5.41 Å². The first-order chi connectivity index (χ1) is 16.3. The number of anilines is 1. The minimum absolute atomic E-state index is 0.0115. The van der Waals surface area contributed by atoms with Crippen molar-refractivity contribution in [1.82, 2.24) is 15.1 Å². The Kier molecular flexibility index (Phi) is 5.65. The summed E-state index contributed by atoms with van der Waals surface area (Å²) in [4.78, 5) is 41.2. The molecule has 3 amide bonds. The van der Waals surface area contributed by atoms with Crippen LogP contribution in [0.25, 0.3) is 11.1 Å². The lowest BCUT2D eigenvalue weighted by molar-refractivity contribution is -0.143. The standard InChI is InChI=1S/C26H30N4O4/c1-25(16-27-17-25)23(32)28-21-4-2-3-20(15-21)18-5-7-19(8-6-18)22(31)29-11-13-30(14-12-29)24(33)26(34)9-10-26/h2-8,15,27,34H,9-14,16-17H2,1H3,(H,28,32). The van der Waals surface area contributed by atoms with Crippen LogP contribution in [0.4, 0.5) is 5.69 Å². The molecular weight excluding hydrogens is 432 g/mol. The Morgan fingerprint density at radius 1 is 0.912 bits per heavy atom. The maximum Gasteiger partial charge on any atom is 0.254 e. The van der Waals surface area contributed by atoms with Crippen LogP contribution in [0.3, 0.4) is 0 Å². The van der Waals surface area contributed by atoms with Crippen molar-refractivity contribution in [1.29, 1.82) is 0 Å². The lowest BCUT2D eigenvalue weighted by Gasteiger charge is -2.37. The van der Waals surface area contributed by atoms with Crippen molar-refractivity contribution >= 4 is 23.4 Å². The van der Waals surface area contributed by atoms with Crippen LogP contribution in [0.5, 0.6) is 0 Å². The SMILES string of the molecule is CC1(C(=O)Nc2cccc(-c3ccc(C(=O)N4CCN(C(=O)C5(O)CC5)CC4)cc3)c2)CNC1. The van der Waals surface area contributed by atoms with Gasteiger partial charge in [-0.1, -0.05) is 24.3 Å². The Hall–Kier alpha value is -3.23. The Balaban J connectivity index is 1.20. The molecule has 8 heteroatoms. The number of nitrogens with zero attached hydrogens (tertiary/aromatic N) is 2. The van der Waals surface area contributed by atoms with Crippen molar-refractivity contribution in [2.75, 3.05) is 44.6 Å². The van der Waals surface area contributed by atoms with Gasteiger partial charge in [-0.2, -0.15) is 0 Å². The smallest absolute Gasteiger partial charge is 0.254 e. The number of amides is 3. The summed E-state index contributed by atoms with van der Waals surface area (Å²) in [6.45, 7) is 5.11. The van der Waals surface area contributed by atoms with Crippen LogP contribution in [0, 0.1) is 5.41 Å². The summed E-state index contributed by atoms with van der Waals surface area (Å²) in [5, 5.41) is 16.2. The first-order valence-corrected chi connectivity index (χ1v) is 11.8. The van der Waals surface area contributed by atoms with Crippen molar-refractivity contribution < 1.29 is 19.5 Å². The van der Waals surface area contributed by atoms with Gasteiger partial charge in [0, 0.05) is 50.5 Å². The fraction of sp³-hybridized carbons (Fsp3) is 0.423. The third-order valence-corrected chi connectivity index (χ3v) is 7.14. The van der Waals surface area contributed by atoms with Gasteiger partial charge in [0.15, 0.2) is 0 Å². The van der Waals surface area contributed by atoms with Gasteiger partial charge in [-0.15, -0.1) is 0 Å². The molecule has 3 N–H and O–H groups in total. The molecule has 3 aliphatic rings. The van der Waals surface area contributed by atoms with Crippen LogP contribution < -0.4 is 10.6 Å². The van der Waals surface area contributed by atoms with E-state index in [9.17, 15) is 19.5 Å². The summed E-state index contributed by atoms with van der Waals surface area (Å²) in [6.07, 6.45) is 1.06. The molecule has 178 valence electrons. The molecule has 3 fully saturated rings. The van der Waals surface area contributed by atoms with Crippen LogP contribution in [-0.2, 0) is 9.59 Å². The molecule has 34 heavy (non-hydrogen) atoms. The predicted octanol–water partition coefficient (Wildman–Crippen LogP) is 1.71. The fourth-order valence-electron chi connectivity index (χ4n) is 4.45. The summed E-state index contributed by atoms with van der Waals surface area (Å²) >= 11 is 0. The second-order valence-corrected chi connectivity index (χ2v) is 9.89. The van der Waals surface area contributed by atoms with Crippen LogP contribution in [0.1, 0.15) is 30.1 Å². The monoisotopic (exact) mass is 462 g/mol. The number of rotatable bonds is 5. The van der Waals surface area contributed by atoms with E-state index in [2.05, 4.69) is 10.6 Å². The van der Waals surface area contributed by atoms with Gasteiger partial charge in [-0.05, 0) is 55.2 Å². The number of hydrogen-bond acceptors (Lipinski definition) is 5. The highest BCUT2D eigenvalue weighted by molar-refractivity contribution is 5.97. The fourth-order valence-corrected chi connectivity index (χ4v) is 4.45. The molecular formula is C26H30N4O4. The zero-order valence-electron chi connectivity index (χ0n) is 19.3. The second kappa shape index (κ2) is 8.52. The summed E-state index contributed by atoms with van der Waals surface area (Å²) in [7, 11) is 0. The largest absolute Gasteiger partial charge is 0.380 e. The van der Waals surface area contributed by atoms with E-state index in [1.807, 2.05) is 55.5 Å². The first-order valence-electron chi connectivity index (χ1n) is 11.8. The Morgan fingerprint density at radius 3 is 2.15 bits per heavy atom. The van der Waals surface area contributed by atoms with E-state index in [0.29, 0.717) is 57.7 Å². The molecule has 8 nitrogen and oxygen atoms in total. The minimum Gasteiger partial charge on any atom is -0.380 e. The molecule has 0 spiro atoms. The van der Waals surface area contributed by atoms with Crippen LogP contribution >= 0.6 is 0 Å². The van der Waals surface area contributed by atoms with Crippen molar-refractivity contribution in [2.24, 2.45) is 5.41 Å². The predicted molar refractivity (Wildman–Crippen MR) is 128 cm³/mol. The quantitative estimate of drug-likeness (QED) is 0.628. The number of aliphatic hydroxyl groups is 1. The van der Waals surface area contributed by atoms with Gasteiger partial charge >= 0.3 is 0 Å². The van der Waals surface area contributed by atoms with E-state index in [1.54, 1.807) is 9.80 Å². The van der Waals surface area contributed by atoms with E-state index in [1.165, 1.54) is 0 Å². The van der Waals surface area contributed by atoms with Gasteiger partial charge in [0.25, 0.3) is 11.8 Å². The molecule has 2 aliphatic heterocycles.